The van der Waals surface area contributed by atoms with Gasteiger partial charge in [-0.1, -0.05) is 0 Å². The fourth-order valence-corrected chi connectivity index (χ4v) is 5.43. The molecular formula is C18H21N3O4. The Bertz CT molecular complexity index is 723. The summed E-state index contributed by atoms with van der Waals surface area (Å²) in [6, 6.07) is 3.71. The van der Waals surface area contributed by atoms with Gasteiger partial charge in [-0.15, -0.1) is 0 Å². The Balaban J connectivity index is 1.46. The highest BCUT2D eigenvalue weighted by atomic mass is 16.6. The topological polar surface area (TPSA) is 105 Å². The van der Waals surface area contributed by atoms with Crippen LogP contribution in [0, 0.1) is 33.3 Å². The number of hydrazone groups is 1. The Hall–Kier alpha value is -2.44. The first-order chi connectivity index (χ1) is 11.9. The number of phenolic OH excluding ortho intramolecular Hbond substituents is 1. The second-order valence-corrected chi connectivity index (χ2v) is 7.90. The number of hydrogen-bond acceptors (Lipinski definition) is 5. The normalized spacial score (nSPS) is 32.9. The Morgan fingerprint density at radius 3 is 2.40 bits per heavy atom. The van der Waals surface area contributed by atoms with Crippen molar-refractivity contribution in [2.45, 2.75) is 38.5 Å². The molecule has 4 bridgehead atoms. The summed E-state index contributed by atoms with van der Waals surface area (Å²) in [6.07, 6.45) is 7.89. The third-order valence-corrected chi connectivity index (χ3v) is 6.11. The van der Waals surface area contributed by atoms with Crippen molar-refractivity contribution in [3.63, 3.8) is 0 Å². The predicted molar refractivity (Wildman–Crippen MR) is 91.1 cm³/mol. The number of phenols is 1. The molecule has 132 valence electrons. The van der Waals surface area contributed by atoms with Gasteiger partial charge in [-0.05, 0) is 62.3 Å². The van der Waals surface area contributed by atoms with Crippen molar-refractivity contribution in [1.82, 2.24) is 5.43 Å². The number of nitro benzene ring substituents is 1. The maximum atomic E-state index is 12.8. The van der Waals surface area contributed by atoms with Gasteiger partial charge in [-0.25, -0.2) is 5.43 Å². The quantitative estimate of drug-likeness (QED) is 0.498. The summed E-state index contributed by atoms with van der Waals surface area (Å²) in [5.41, 5.74) is 2.39. The molecule has 0 aromatic heterocycles. The smallest absolute Gasteiger partial charge is 0.270 e. The minimum atomic E-state index is -0.537. The van der Waals surface area contributed by atoms with Gasteiger partial charge in [-0.3, -0.25) is 14.9 Å². The third kappa shape index (κ3) is 2.88. The summed E-state index contributed by atoms with van der Waals surface area (Å²) in [5, 5.41) is 24.6. The highest BCUT2D eigenvalue weighted by molar-refractivity contribution is 5.87. The second-order valence-electron chi connectivity index (χ2n) is 7.90. The molecule has 1 aromatic rings. The number of carbonyl (C=O) groups excluding carboxylic acids is 1. The van der Waals surface area contributed by atoms with Gasteiger partial charge < -0.3 is 5.11 Å². The van der Waals surface area contributed by atoms with Gasteiger partial charge in [0.1, 0.15) is 5.75 Å². The van der Waals surface area contributed by atoms with Crippen LogP contribution in [0.5, 0.6) is 5.75 Å². The summed E-state index contributed by atoms with van der Waals surface area (Å²) >= 11 is 0. The van der Waals surface area contributed by atoms with E-state index in [9.17, 15) is 20.0 Å². The molecule has 0 heterocycles. The van der Waals surface area contributed by atoms with Gasteiger partial charge in [0.25, 0.3) is 5.69 Å². The number of amides is 1. The molecule has 5 rings (SSSR count). The van der Waals surface area contributed by atoms with Crippen molar-refractivity contribution in [1.29, 1.82) is 0 Å². The minimum absolute atomic E-state index is 0.0484. The molecule has 0 atom stereocenters. The molecule has 4 aliphatic rings. The van der Waals surface area contributed by atoms with Gasteiger partial charge in [0.2, 0.25) is 5.91 Å². The average molecular weight is 343 g/mol. The lowest BCUT2D eigenvalue weighted by atomic mass is 9.49. The van der Waals surface area contributed by atoms with Crippen LogP contribution in [-0.2, 0) is 4.79 Å². The number of non-ortho nitro benzene ring substituents is 1. The molecule has 1 aromatic carbocycles. The van der Waals surface area contributed by atoms with E-state index in [-0.39, 0.29) is 28.3 Å². The van der Waals surface area contributed by atoms with Crippen molar-refractivity contribution in [3.05, 3.63) is 33.9 Å². The van der Waals surface area contributed by atoms with Gasteiger partial charge >= 0.3 is 0 Å². The Morgan fingerprint density at radius 2 is 1.84 bits per heavy atom. The predicted octanol–water partition coefficient (Wildman–Crippen LogP) is 2.97. The summed E-state index contributed by atoms with van der Waals surface area (Å²) in [7, 11) is 0. The zero-order chi connectivity index (χ0) is 17.6. The minimum Gasteiger partial charge on any atom is -0.507 e. The monoisotopic (exact) mass is 343 g/mol. The number of nitrogens with one attached hydrogen (secondary N) is 1. The van der Waals surface area contributed by atoms with Gasteiger partial charge in [0.15, 0.2) is 0 Å². The van der Waals surface area contributed by atoms with Crippen molar-refractivity contribution < 1.29 is 14.8 Å². The number of nitrogens with zero attached hydrogens (tertiary/aromatic N) is 2. The van der Waals surface area contributed by atoms with Crippen LogP contribution < -0.4 is 5.43 Å². The summed E-state index contributed by atoms with van der Waals surface area (Å²) in [4.78, 5) is 23.0. The molecular weight excluding hydrogens is 322 g/mol. The van der Waals surface area contributed by atoms with Crippen LogP contribution in [0.25, 0.3) is 0 Å². The van der Waals surface area contributed by atoms with Crippen LogP contribution in [0.3, 0.4) is 0 Å². The van der Waals surface area contributed by atoms with Crippen LogP contribution in [0.1, 0.15) is 44.1 Å². The molecule has 2 N–H and O–H groups in total. The van der Waals surface area contributed by atoms with E-state index in [2.05, 4.69) is 10.5 Å². The Kier molecular flexibility index (Phi) is 3.74. The van der Waals surface area contributed by atoms with E-state index in [1.54, 1.807) is 0 Å². The summed E-state index contributed by atoms with van der Waals surface area (Å²) in [5.74, 6) is 1.84. The number of carbonyl (C=O) groups is 1. The molecule has 7 heteroatoms. The second kappa shape index (κ2) is 5.82. The van der Waals surface area contributed by atoms with Crippen LogP contribution in [-0.4, -0.2) is 22.2 Å². The molecule has 0 radical (unpaired) electrons. The van der Waals surface area contributed by atoms with E-state index < -0.39 is 4.92 Å². The third-order valence-electron chi connectivity index (χ3n) is 6.11. The number of hydrogen-bond donors (Lipinski definition) is 2. The Labute approximate surface area is 145 Å². The van der Waals surface area contributed by atoms with Crippen LogP contribution in [0.2, 0.25) is 0 Å². The van der Waals surface area contributed by atoms with E-state index in [0.29, 0.717) is 17.8 Å². The van der Waals surface area contributed by atoms with E-state index in [1.807, 2.05) is 0 Å². The average Bonchev–Trinajstić information content (AvgIpc) is 2.55. The highest BCUT2D eigenvalue weighted by Gasteiger charge is 2.54. The van der Waals surface area contributed by atoms with Gasteiger partial charge in [0, 0.05) is 17.7 Å². The fraction of sp³-hybridized carbons (Fsp3) is 0.556. The van der Waals surface area contributed by atoms with Crippen molar-refractivity contribution >= 4 is 17.8 Å². The van der Waals surface area contributed by atoms with E-state index in [0.717, 1.165) is 19.3 Å². The zero-order valence-corrected chi connectivity index (χ0v) is 13.9. The first-order valence-electron chi connectivity index (χ1n) is 8.76. The van der Waals surface area contributed by atoms with Gasteiger partial charge in [-0.2, -0.15) is 5.10 Å². The van der Waals surface area contributed by atoms with Crippen LogP contribution >= 0.6 is 0 Å². The molecule has 1 amide bonds. The molecule has 4 saturated carbocycles. The number of rotatable bonds is 4. The van der Waals surface area contributed by atoms with Crippen LogP contribution in [0.4, 0.5) is 5.69 Å². The van der Waals surface area contributed by atoms with E-state index in [4.69, 9.17) is 0 Å². The molecule has 0 saturated heterocycles. The lowest BCUT2D eigenvalue weighted by Gasteiger charge is -2.55. The molecule has 0 spiro atoms. The molecule has 0 aliphatic heterocycles. The molecule has 25 heavy (non-hydrogen) atoms. The summed E-state index contributed by atoms with van der Waals surface area (Å²) < 4.78 is 0. The molecule has 4 fully saturated rings. The highest BCUT2D eigenvalue weighted by Crippen LogP contribution is 2.60. The van der Waals surface area contributed by atoms with Crippen molar-refractivity contribution in [3.8, 4) is 5.75 Å². The first-order valence-corrected chi connectivity index (χ1v) is 8.76. The lowest BCUT2D eigenvalue weighted by molar-refractivity contribution is -0.384. The molecule has 7 nitrogen and oxygen atoms in total. The zero-order valence-electron chi connectivity index (χ0n) is 13.9. The van der Waals surface area contributed by atoms with Crippen molar-refractivity contribution in [2.24, 2.45) is 28.3 Å². The number of aromatic hydroxyl groups is 1. The fourth-order valence-electron chi connectivity index (χ4n) is 5.43. The number of nitro groups is 1. The molecule has 0 unspecified atom stereocenters. The standard InChI is InChI=1S/C18H21N3O4/c22-16-2-1-15(21(24)25)6-14(16)10-19-20-17(23)18-7-11-3-12(8-18)5-13(4-11)9-18/h1-2,6,10-13,22H,3-5,7-9H2,(H,20,23)/b19-10+. The molecule has 4 aliphatic carbocycles. The van der Waals surface area contributed by atoms with E-state index in [1.165, 1.54) is 43.7 Å². The first kappa shape index (κ1) is 16.1. The lowest BCUT2D eigenvalue weighted by Crippen LogP contribution is -2.52. The maximum absolute atomic E-state index is 12.8. The maximum Gasteiger partial charge on any atom is 0.270 e. The summed E-state index contributed by atoms with van der Waals surface area (Å²) in [6.45, 7) is 0. The van der Waals surface area contributed by atoms with Crippen LogP contribution in [0.15, 0.2) is 23.3 Å². The van der Waals surface area contributed by atoms with Gasteiger partial charge in [0.05, 0.1) is 16.6 Å². The SMILES string of the molecule is O=C(N/N=C/c1cc([N+](=O)[O-])ccc1O)C12CC3CC(CC(C3)C1)C2. The Morgan fingerprint density at radius 1 is 1.24 bits per heavy atom. The van der Waals surface area contributed by atoms with Crippen molar-refractivity contribution in [2.75, 3.05) is 0 Å². The van der Waals surface area contributed by atoms with E-state index >= 15 is 0 Å². The largest absolute Gasteiger partial charge is 0.507 e. The number of benzene rings is 1.